The smallest absolute Gasteiger partial charge is 0.127 e. The minimum Gasteiger partial charge on any atom is -0.497 e. The first-order valence-corrected chi connectivity index (χ1v) is 11.0. The van der Waals surface area contributed by atoms with Gasteiger partial charge in [-0.2, -0.15) is 0 Å². The van der Waals surface area contributed by atoms with Gasteiger partial charge in [0.15, 0.2) is 0 Å². The Kier molecular flexibility index (Phi) is 6.45. The number of ether oxygens (including phenoxy) is 2. The van der Waals surface area contributed by atoms with Crippen molar-refractivity contribution in [1.29, 1.82) is 0 Å². The first-order valence-electron chi connectivity index (χ1n) is 11.0. The van der Waals surface area contributed by atoms with Gasteiger partial charge in [-0.15, -0.1) is 0 Å². The van der Waals surface area contributed by atoms with E-state index in [4.69, 9.17) is 9.47 Å². The number of benzene rings is 2. The van der Waals surface area contributed by atoms with Crippen LogP contribution >= 0.6 is 0 Å². The molecule has 30 heavy (non-hydrogen) atoms. The summed E-state index contributed by atoms with van der Waals surface area (Å²) in [6.07, 6.45) is 9.51. The van der Waals surface area contributed by atoms with Crippen LogP contribution in [0.4, 0.5) is 0 Å². The predicted molar refractivity (Wildman–Crippen MR) is 121 cm³/mol. The first-order chi connectivity index (χ1) is 14.6. The maximum absolute atomic E-state index is 11.5. The lowest BCUT2D eigenvalue weighted by atomic mass is 9.66. The molecular formula is C26H33NO3. The van der Waals surface area contributed by atoms with Crippen molar-refractivity contribution in [1.82, 2.24) is 4.90 Å². The van der Waals surface area contributed by atoms with Gasteiger partial charge in [0.25, 0.3) is 0 Å². The number of likely N-dealkylation sites (tertiary alicyclic amines) is 1. The van der Waals surface area contributed by atoms with Crippen LogP contribution in [-0.2, 0) is 0 Å². The molecule has 1 saturated carbocycles. The molecule has 0 unspecified atom stereocenters. The van der Waals surface area contributed by atoms with Gasteiger partial charge in [0.1, 0.15) is 11.5 Å². The van der Waals surface area contributed by atoms with E-state index in [-0.39, 0.29) is 12.0 Å². The number of methoxy groups -OCH3 is 2. The Bertz CT molecular complexity index is 866. The number of fused-ring (bicyclic) bond motifs is 1. The normalized spacial score (nSPS) is 27.0. The zero-order valence-corrected chi connectivity index (χ0v) is 18.1. The van der Waals surface area contributed by atoms with Crippen molar-refractivity contribution in [3.63, 3.8) is 0 Å². The molecule has 4 heteroatoms. The van der Waals surface area contributed by atoms with E-state index in [9.17, 15) is 5.11 Å². The molecule has 2 aromatic carbocycles. The Morgan fingerprint density at radius 2 is 1.90 bits per heavy atom. The van der Waals surface area contributed by atoms with E-state index in [0.29, 0.717) is 0 Å². The minimum absolute atomic E-state index is 0.130. The van der Waals surface area contributed by atoms with Crippen molar-refractivity contribution in [2.24, 2.45) is 5.92 Å². The molecule has 0 bridgehead atoms. The first kappa shape index (κ1) is 21.0. The topological polar surface area (TPSA) is 41.9 Å². The summed E-state index contributed by atoms with van der Waals surface area (Å²) >= 11 is 0. The van der Waals surface area contributed by atoms with Crippen LogP contribution in [0.25, 0.3) is 6.08 Å². The Morgan fingerprint density at radius 3 is 2.67 bits per heavy atom. The third-order valence-corrected chi connectivity index (χ3v) is 6.88. The molecule has 160 valence electrons. The Balaban J connectivity index is 1.66. The highest BCUT2D eigenvalue weighted by Crippen LogP contribution is 2.51. The quantitative estimate of drug-likeness (QED) is 0.725. The SMILES string of the molecule is COc1ccc([C@H]2[C@@H]3CCCC[C@@]3(O)CCN2C/C=C/c2ccccc2)c(OC)c1. The third kappa shape index (κ3) is 4.26. The Labute approximate surface area is 180 Å². The van der Waals surface area contributed by atoms with Crippen LogP contribution in [0.1, 0.15) is 49.3 Å². The number of hydrogen-bond acceptors (Lipinski definition) is 4. The van der Waals surface area contributed by atoms with E-state index < -0.39 is 5.60 Å². The highest BCUT2D eigenvalue weighted by atomic mass is 16.5. The molecule has 0 aromatic heterocycles. The molecule has 0 spiro atoms. The van der Waals surface area contributed by atoms with Crippen molar-refractivity contribution in [2.45, 2.75) is 43.7 Å². The predicted octanol–water partition coefficient (Wildman–Crippen LogP) is 5.09. The number of hydrogen-bond donors (Lipinski definition) is 1. The van der Waals surface area contributed by atoms with Gasteiger partial charge >= 0.3 is 0 Å². The standard InChI is InChI=1S/C26H33NO3/c1-29-21-13-14-22(24(19-21)30-2)25-23-12-6-7-15-26(23,28)16-18-27(25)17-8-11-20-9-4-3-5-10-20/h3-5,8-11,13-14,19,23,25,28H,6-7,12,15-18H2,1-2H3/b11-8+/t23-,25-,26+/m0/s1. The molecule has 0 radical (unpaired) electrons. The molecular weight excluding hydrogens is 374 g/mol. The molecule has 2 aromatic rings. The molecule has 4 nitrogen and oxygen atoms in total. The van der Waals surface area contributed by atoms with Gasteiger partial charge < -0.3 is 14.6 Å². The van der Waals surface area contributed by atoms with Gasteiger partial charge in [-0.3, -0.25) is 4.90 Å². The molecule has 1 heterocycles. The fourth-order valence-electron chi connectivity index (χ4n) is 5.31. The van der Waals surface area contributed by atoms with Crippen LogP contribution in [-0.4, -0.2) is 42.9 Å². The summed E-state index contributed by atoms with van der Waals surface area (Å²) in [6, 6.07) is 16.6. The largest absolute Gasteiger partial charge is 0.497 e. The molecule has 1 N–H and O–H groups in total. The molecule has 1 aliphatic heterocycles. The summed E-state index contributed by atoms with van der Waals surface area (Å²) in [7, 11) is 3.39. The van der Waals surface area contributed by atoms with Gasteiger partial charge in [-0.1, -0.05) is 61.4 Å². The maximum Gasteiger partial charge on any atom is 0.127 e. The second-order valence-electron chi connectivity index (χ2n) is 8.57. The fraction of sp³-hybridized carbons (Fsp3) is 0.462. The molecule has 2 aliphatic rings. The average Bonchev–Trinajstić information content (AvgIpc) is 2.79. The lowest BCUT2D eigenvalue weighted by Gasteiger charge is -2.52. The summed E-state index contributed by atoms with van der Waals surface area (Å²) in [5, 5.41) is 11.5. The van der Waals surface area contributed by atoms with Crippen LogP contribution in [0, 0.1) is 5.92 Å². The van der Waals surface area contributed by atoms with Crippen molar-refractivity contribution in [2.75, 3.05) is 27.3 Å². The van der Waals surface area contributed by atoms with E-state index in [1.165, 1.54) is 12.0 Å². The summed E-state index contributed by atoms with van der Waals surface area (Å²) in [5.41, 5.74) is 1.78. The lowest BCUT2D eigenvalue weighted by molar-refractivity contribution is -0.122. The fourth-order valence-corrected chi connectivity index (χ4v) is 5.31. The van der Waals surface area contributed by atoms with Gasteiger partial charge in [-0.05, 0) is 30.9 Å². The van der Waals surface area contributed by atoms with Crippen LogP contribution in [0.15, 0.2) is 54.6 Å². The Hall–Kier alpha value is -2.30. The van der Waals surface area contributed by atoms with E-state index >= 15 is 0 Å². The number of aliphatic hydroxyl groups is 1. The number of nitrogens with zero attached hydrogens (tertiary/aromatic N) is 1. The summed E-state index contributed by atoms with van der Waals surface area (Å²) in [6.45, 7) is 1.73. The molecule has 4 rings (SSSR count). The molecule has 3 atom stereocenters. The highest BCUT2D eigenvalue weighted by Gasteiger charge is 2.49. The third-order valence-electron chi connectivity index (χ3n) is 6.88. The van der Waals surface area contributed by atoms with Crippen LogP contribution in [0.3, 0.4) is 0 Å². The Morgan fingerprint density at radius 1 is 1.07 bits per heavy atom. The van der Waals surface area contributed by atoms with Gasteiger partial charge in [0.05, 0.1) is 19.8 Å². The zero-order valence-electron chi connectivity index (χ0n) is 18.1. The molecule has 1 aliphatic carbocycles. The van der Waals surface area contributed by atoms with Gasteiger partial charge in [-0.25, -0.2) is 0 Å². The minimum atomic E-state index is -0.576. The summed E-state index contributed by atoms with van der Waals surface area (Å²) in [4.78, 5) is 2.51. The summed E-state index contributed by atoms with van der Waals surface area (Å²) < 4.78 is 11.2. The lowest BCUT2D eigenvalue weighted by Crippen LogP contribution is -2.54. The average molecular weight is 408 g/mol. The molecule has 2 fully saturated rings. The van der Waals surface area contributed by atoms with Crippen molar-refractivity contribution >= 4 is 6.08 Å². The van der Waals surface area contributed by atoms with Crippen LogP contribution in [0.5, 0.6) is 11.5 Å². The molecule has 1 saturated heterocycles. The van der Waals surface area contributed by atoms with Gasteiger partial charge in [0.2, 0.25) is 0 Å². The maximum atomic E-state index is 11.5. The molecule has 0 amide bonds. The second-order valence-corrected chi connectivity index (χ2v) is 8.57. The van der Waals surface area contributed by atoms with Crippen LogP contribution < -0.4 is 9.47 Å². The number of piperidine rings is 1. The van der Waals surface area contributed by atoms with Crippen LogP contribution in [0.2, 0.25) is 0 Å². The number of rotatable bonds is 6. The van der Waals surface area contributed by atoms with Crippen molar-refractivity contribution in [3.8, 4) is 11.5 Å². The highest BCUT2D eigenvalue weighted by molar-refractivity contribution is 5.49. The van der Waals surface area contributed by atoms with E-state index in [1.54, 1.807) is 14.2 Å². The van der Waals surface area contributed by atoms with E-state index in [2.05, 4.69) is 47.4 Å². The van der Waals surface area contributed by atoms with Crippen molar-refractivity contribution in [3.05, 3.63) is 65.7 Å². The van der Waals surface area contributed by atoms with E-state index in [1.807, 2.05) is 18.2 Å². The van der Waals surface area contributed by atoms with E-state index in [0.717, 1.165) is 55.8 Å². The van der Waals surface area contributed by atoms with Gasteiger partial charge in [0, 0.05) is 36.7 Å². The monoisotopic (exact) mass is 407 g/mol. The van der Waals surface area contributed by atoms with Crippen molar-refractivity contribution < 1.29 is 14.6 Å². The summed E-state index contributed by atoms with van der Waals surface area (Å²) in [5.74, 6) is 1.85. The second kappa shape index (κ2) is 9.23. The zero-order chi connectivity index (χ0) is 21.0.